The third-order valence-electron chi connectivity index (χ3n) is 3.70. The van der Waals surface area contributed by atoms with Gasteiger partial charge in [-0.05, 0) is 32.0 Å². The zero-order valence-corrected chi connectivity index (χ0v) is 17.7. The van der Waals surface area contributed by atoms with Gasteiger partial charge in [0.05, 0.1) is 16.5 Å². The number of alkyl halides is 6. The molecule has 0 radical (unpaired) electrons. The summed E-state index contributed by atoms with van der Waals surface area (Å²) in [4.78, 5) is -0.652. The molecule has 1 atom stereocenters. The summed E-state index contributed by atoms with van der Waals surface area (Å²) in [6, 6.07) is 0.764. The molecule has 0 fully saturated rings. The molecule has 2 aromatic rings. The number of ether oxygens (including phenoxy) is 1. The van der Waals surface area contributed by atoms with Gasteiger partial charge in [-0.2, -0.15) is 26.3 Å². The Kier molecular flexibility index (Phi) is 7.08. The minimum Gasteiger partial charge on any atom is -0.454 e. The molecular formula is C15H15BrF6N4O3S. The Bertz CT molecular complexity index is 1010. The van der Waals surface area contributed by atoms with E-state index in [1.54, 1.807) is 6.92 Å². The zero-order chi connectivity index (χ0) is 22.9. The van der Waals surface area contributed by atoms with E-state index in [0.717, 1.165) is 16.7 Å². The molecule has 0 aliphatic heterocycles. The molecule has 0 spiro atoms. The fraction of sp³-hybridized carbons (Fsp3) is 0.467. The van der Waals surface area contributed by atoms with E-state index in [1.165, 1.54) is 6.92 Å². The Morgan fingerprint density at radius 2 is 1.83 bits per heavy atom. The maximum atomic E-state index is 13.0. The Morgan fingerprint density at radius 1 is 1.20 bits per heavy atom. The first kappa shape index (κ1) is 24.4. The number of benzene rings is 1. The predicted molar refractivity (Wildman–Crippen MR) is 95.1 cm³/mol. The van der Waals surface area contributed by atoms with Crippen molar-refractivity contribution in [3.8, 4) is 6.01 Å². The van der Waals surface area contributed by atoms with Gasteiger partial charge in [0.2, 0.25) is 10.0 Å². The molecule has 0 aliphatic carbocycles. The molecule has 0 amide bonds. The van der Waals surface area contributed by atoms with Gasteiger partial charge in [-0.25, -0.2) is 13.1 Å². The van der Waals surface area contributed by atoms with Gasteiger partial charge in [-0.1, -0.05) is 21.0 Å². The molecule has 30 heavy (non-hydrogen) atoms. The number of sulfonamides is 1. The largest absolute Gasteiger partial charge is 0.454 e. The third-order valence-corrected chi connectivity index (χ3v) is 5.93. The number of hydrogen-bond acceptors (Lipinski definition) is 5. The summed E-state index contributed by atoms with van der Waals surface area (Å²) in [6.07, 6.45) is -9.40. The first-order valence-electron chi connectivity index (χ1n) is 8.17. The van der Waals surface area contributed by atoms with Gasteiger partial charge in [-0.3, -0.25) is 4.57 Å². The Balaban J connectivity index is 2.29. The molecule has 0 aliphatic rings. The van der Waals surface area contributed by atoms with Gasteiger partial charge in [-0.15, -0.1) is 5.10 Å². The maximum Gasteiger partial charge on any atom is 0.422 e. The van der Waals surface area contributed by atoms with Crippen LogP contribution < -0.4 is 9.46 Å². The highest BCUT2D eigenvalue weighted by Crippen LogP contribution is 2.36. The van der Waals surface area contributed by atoms with Crippen molar-refractivity contribution in [1.29, 1.82) is 0 Å². The summed E-state index contributed by atoms with van der Waals surface area (Å²) in [7, 11) is -4.43. The van der Waals surface area contributed by atoms with Gasteiger partial charge >= 0.3 is 18.4 Å². The molecule has 15 heteroatoms. The van der Waals surface area contributed by atoms with Crippen LogP contribution in [0.15, 0.2) is 27.6 Å². The lowest BCUT2D eigenvalue weighted by atomic mass is 10.2. The number of nitrogens with one attached hydrogen (secondary N) is 1. The van der Waals surface area contributed by atoms with Crippen LogP contribution in [-0.4, -0.2) is 36.0 Å². The van der Waals surface area contributed by atoms with Gasteiger partial charge in [0.15, 0.2) is 12.4 Å². The Labute approximate surface area is 175 Å². The van der Waals surface area contributed by atoms with E-state index >= 15 is 0 Å². The van der Waals surface area contributed by atoms with Crippen molar-refractivity contribution in [2.24, 2.45) is 0 Å². The number of hydrogen-bond donors (Lipinski definition) is 1. The van der Waals surface area contributed by atoms with Crippen LogP contribution >= 0.6 is 15.9 Å². The second kappa shape index (κ2) is 8.70. The van der Waals surface area contributed by atoms with Crippen molar-refractivity contribution in [2.45, 2.75) is 43.7 Å². The van der Waals surface area contributed by atoms with Crippen LogP contribution in [0.4, 0.5) is 26.3 Å². The fourth-order valence-corrected chi connectivity index (χ4v) is 4.11. The molecule has 0 saturated carbocycles. The highest BCUT2D eigenvalue weighted by Gasteiger charge is 2.35. The van der Waals surface area contributed by atoms with E-state index in [9.17, 15) is 34.8 Å². The predicted octanol–water partition coefficient (Wildman–Crippen LogP) is 4.06. The highest BCUT2D eigenvalue weighted by atomic mass is 79.9. The highest BCUT2D eigenvalue weighted by molar-refractivity contribution is 9.10. The summed E-state index contributed by atoms with van der Waals surface area (Å²) >= 11 is 2.72. The lowest BCUT2D eigenvalue weighted by Gasteiger charge is -2.17. The van der Waals surface area contributed by atoms with Gasteiger partial charge in [0, 0.05) is 11.0 Å². The number of halogens is 7. The average Bonchev–Trinajstić information content (AvgIpc) is 3.01. The van der Waals surface area contributed by atoms with E-state index in [1.807, 2.05) is 0 Å². The Morgan fingerprint density at radius 3 is 2.37 bits per heavy atom. The summed E-state index contributed by atoms with van der Waals surface area (Å²) in [5.41, 5.74) is -1.18. The lowest BCUT2D eigenvalue weighted by Crippen LogP contribution is -2.29. The first-order chi connectivity index (χ1) is 13.7. The van der Waals surface area contributed by atoms with E-state index < -0.39 is 51.5 Å². The molecule has 1 aromatic carbocycles. The van der Waals surface area contributed by atoms with Gasteiger partial charge < -0.3 is 4.74 Å². The first-order valence-corrected chi connectivity index (χ1v) is 10.4. The van der Waals surface area contributed by atoms with Crippen LogP contribution in [0.2, 0.25) is 0 Å². The SMILES string of the molecule is CCn1c(OCC(F)(F)F)nnc1[C@@H](C)NS(=O)(=O)c1ccc(Br)c(C(F)(F)F)c1. The van der Waals surface area contributed by atoms with Crippen molar-refractivity contribution in [2.75, 3.05) is 6.61 Å². The summed E-state index contributed by atoms with van der Waals surface area (Å²) in [5, 5.41) is 7.12. The standard InChI is InChI=1S/C15H15BrF6N4O3S/c1-3-26-12(23-24-13(26)29-7-14(17,18)19)8(2)25-30(27,28)9-4-5-11(16)10(6-9)15(20,21)22/h4-6,8,25H,3,7H2,1-2H3/t8-/m1/s1. The monoisotopic (exact) mass is 524 g/mol. The molecule has 0 unspecified atom stereocenters. The number of rotatable bonds is 7. The number of aromatic nitrogens is 3. The van der Waals surface area contributed by atoms with Crippen LogP contribution in [0.5, 0.6) is 6.01 Å². The van der Waals surface area contributed by atoms with Crippen LogP contribution in [0.25, 0.3) is 0 Å². The second-order valence-electron chi connectivity index (χ2n) is 5.97. The van der Waals surface area contributed by atoms with Crippen LogP contribution in [0, 0.1) is 0 Å². The molecule has 168 valence electrons. The molecule has 0 bridgehead atoms. The Hall–Kier alpha value is -1.87. The second-order valence-corrected chi connectivity index (χ2v) is 8.54. The van der Waals surface area contributed by atoms with E-state index in [-0.39, 0.29) is 16.8 Å². The van der Waals surface area contributed by atoms with Crippen molar-refractivity contribution in [3.05, 3.63) is 34.1 Å². The summed E-state index contributed by atoms with van der Waals surface area (Å²) < 4.78 is 109. The normalized spacial score (nSPS) is 14.0. The summed E-state index contributed by atoms with van der Waals surface area (Å²) in [6.45, 7) is 1.28. The van der Waals surface area contributed by atoms with Crippen LogP contribution in [-0.2, 0) is 22.7 Å². The molecule has 0 saturated heterocycles. The fourth-order valence-electron chi connectivity index (χ4n) is 2.41. The number of nitrogens with zero attached hydrogens (tertiary/aromatic N) is 3. The van der Waals surface area contributed by atoms with Crippen molar-refractivity contribution in [3.63, 3.8) is 0 Å². The maximum absolute atomic E-state index is 13.0. The average molecular weight is 525 g/mol. The van der Waals surface area contributed by atoms with Crippen molar-refractivity contribution in [1.82, 2.24) is 19.5 Å². The molecule has 2 rings (SSSR count). The smallest absolute Gasteiger partial charge is 0.422 e. The van der Waals surface area contributed by atoms with Crippen LogP contribution in [0.3, 0.4) is 0 Å². The topological polar surface area (TPSA) is 86.1 Å². The molecular weight excluding hydrogens is 510 g/mol. The van der Waals surface area contributed by atoms with E-state index in [0.29, 0.717) is 6.07 Å². The summed E-state index contributed by atoms with van der Waals surface area (Å²) in [5.74, 6) is -0.0774. The minimum absolute atomic E-state index is 0.0537. The molecule has 1 aromatic heterocycles. The minimum atomic E-state index is -4.79. The van der Waals surface area contributed by atoms with Crippen LogP contribution in [0.1, 0.15) is 31.3 Å². The molecule has 1 N–H and O–H groups in total. The van der Waals surface area contributed by atoms with Gasteiger partial charge in [0.1, 0.15) is 0 Å². The molecule has 1 heterocycles. The van der Waals surface area contributed by atoms with E-state index in [4.69, 9.17) is 0 Å². The van der Waals surface area contributed by atoms with Crippen molar-refractivity contribution < 1.29 is 39.5 Å². The van der Waals surface area contributed by atoms with E-state index in [2.05, 4.69) is 35.6 Å². The zero-order valence-electron chi connectivity index (χ0n) is 15.3. The molecule has 7 nitrogen and oxygen atoms in total. The third kappa shape index (κ3) is 5.85. The van der Waals surface area contributed by atoms with Crippen molar-refractivity contribution >= 4 is 26.0 Å². The van der Waals surface area contributed by atoms with Gasteiger partial charge in [0.25, 0.3) is 0 Å². The quantitative estimate of drug-likeness (QED) is 0.552. The lowest BCUT2D eigenvalue weighted by molar-refractivity contribution is -0.155.